The predicted octanol–water partition coefficient (Wildman–Crippen LogP) is 2.33. The lowest BCUT2D eigenvalue weighted by atomic mass is 10.1. The van der Waals surface area contributed by atoms with E-state index in [1.54, 1.807) is 0 Å². The molecule has 20 heavy (non-hydrogen) atoms. The van der Waals surface area contributed by atoms with Crippen LogP contribution in [-0.2, 0) is 11.2 Å². The first-order valence-corrected chi connectivity index (χ1v) is 7.65. The van der Waals surface area contributed by atoms with E-state index in [1.165, 1.54) is 0 Å². The van der Waals surface area contributed by atoms with Gasteiger partial charge < -0.3 is 15.4 Å². The van der Waals surface area contributed by atoms with Crippen molar-refractivity contribution in [3.63, 3.8) is 0 Å². The van der Waals surface area contributed by atoms with E-state index >= 15 is 0 Å². The molecule has 1 saturated heterocycles. The molecule has 1 unspecified atom stereocenters. The number of aromatic nitrogens is 2. The molecule has 2 rings (SSSR count). The molecule has 0 aromatic carbocycles. The van der Waals surface area contributed by atoms with Crippen LogP contribution in [0, 0.1) is 6.92 Å². The molecule has 0 saturated carbocycles. The first-order valence-electron chi connectivity index (χ1n) is 7.65. The van der Waals surface area contributed by atoms with Crippen molar-refractivity contribution in [1.29, 1.82) is 0 Å². The summed E-state index contributed by atoms with van der Waals surface area (Å²) in [7, 11) is 0. The van der Waals surface area contributed by atoms with Crippen molar-refractivity contribution in [1.82, 2.24) is 9.97 Å². The highest BCUT2D eigenvalue weighted by Crippen LogP contribution is 2.25. The molecule has 0 amide bonds. The smallest absolute Gasteiger partial charge is 0.137 e. The van der Waals surface area contributed by atoms with Crippen molar-refractivity contribution in [2.75, 3.05) is 30.3 Å². The Bertz CT molecular complexity index is 450. The van der Waals surface area contributed by atoms with Crippen molar-refractivity contribution in [2.45, 2.75) is 52.6 Å². The average Bonchev–Trinajstić information content (AvgIpc) is 2.48. The van der Waals surface area contributed by atoms with E-state index in [1.807, 2.05) is 6.92 Å². The van der Waals surface area contributed by atoms with Gasteiger partial charge in [-0.05, 0) is 26.2 Å². The van der Waals surface area contributed by atoms with Gasteiger partial charge in [-0.1, -0.05) is 13.8 Å². The van der Waals surface area contributed by atoms with Crippen molar-refractivity contribution < 1.29 is 4.74 Å². The Kier molecular flexibility index (Phi) is 5.17. The zero-order valence-corrected chi connectivity index (χ0v) is 12.9. The van der Waals surface area contributed by atoms with Gasteiger partial charge in [0, 0.05) is 31.7 Å². The minimum Gasteiger partial charge on any atom is -0.383 e. The molecule has 1 aromatic rings. The molecule has 1 atom stereocenters. The average molecular weight is 278 g/mol. The molecule has 1 aliphatic heterocycles. The van der Waals surface area contributed by atoms with Crippen LogP contribution in [0.25, 0.3) is 0 Å². The third-order valence-electron chi connectivity index (χ3n) is 3.76. The first-order chi connectivity index (χ1) is 9.65. The van der Waals surface area contributed by atoms with E-state index in [0.717, 1.165) is 62.6 Å². The number of rotatable bonds is 5. The molecule has 5 nitrogen and oxygen atoms in total. The molecule has 112 valence electrons. The second-order valence-electron chi connectivity index (χ2n) is 5.41. The van der Waals surface area contributed by atoms with E-state index in [2.05, 4.69) is 28.7 Å². The zero-order chi connectivity index (χ0) is 14.5. The molecular formula is C15H26N4O. The van der Waals surface area contributed by atoms with Crippen molar-refractivity contribution >= 4 is 11.6 Å². The van der Waals surface area contributed by atoms with Gasteiger partial charge in [0.05, 0.1) is 6.10 Å². The number of hydrogen-bond donors (Lipinski definition) is 1. The van der Waals surface area contributed by atoms with Crippen LogP contribution in [0.4, 0.5) is 11.6 Å². The molecule has 1 fully saturated rings. The summed E-state index contributed by atoms with van der Waals surface area (Å²) >= 11 is 0. The Morgan fingerprint density at radius 1 is 1.35 bits per heavy atom. The van der Waals surface area contributed by atoms with Crippen molar-refractivity contribution in [3.8, 4) is 0 Å². The quantitative estimate of drug-likeness (QED) is 0.895. The summed E-state index contributed by atoms with van der Waals surface area (Å²) in [6.45, 7) is 8.96. The van der Waals surface area contributed by atoms with Crippen LogP contribution in [0.1, 0.15) is 44.5 Å². The first kappa shape index (κ1) is 15.0. The van der Waals surface area contributed by atoms with E-state index in [4.69, 9.17) is 10.5 Å². The number of ether oxygens (including phenoxy) is 1. The molecule has 0 radical (unpaired) electrons. The van der Waals surface area contributed by atoms with Gasteiger partial charge in [-0.2, -0.15) is 0 Å². The topological polar surface area (TPSA) is 64.3 Å². The van der Waals surface area contributed by atoms with E-state index in [-0.39, 0.29) is 0 Å². The Balaban J connectivity index is 2.15. The van der Waals surface area contributed by atoms with Gasteiger partial charge in [0.1, 0.15) is 17.5 Å². The maximum atomic E-state index is 6.01. The second-order valence-corrected chi connectivity index (χ2v) is 5.41. The lowest BCUT2D eigenvalue weighted by molar-refractivity contribution is 0.0439. The van der Waals surface area contributed by atoms with Crippen molar-refractivity contribution in [3.05, 3.63) is 11.4 Å². The predicted molar refractivity (Wildman–Crippen MR) is 82.0 cm³/mol. The summed E-state index contributed by atoms with van der Waals surface area (Å²) in [5, 5.41) is 0. The van der Waals surface area contributed by atoms with E-state index < -0.39 is 0 Å². The molecule has 1 aromatic heterocycles. The summed E-state index contributed by atoms with van der Waals surface area (Å²) in [6.07, 6.45) is 4.46. The van der Waals surface area contributed by atoms with Gasteiger partial charge >= 0.3 is 0 Å². The van der Waals surface area contributed by atoms with Gasteiger partial charge in [-0.25, -0.2) is 9.97 Å². The minimum atomic E-state index is 0.310. The zero-order valence-electron chi connectivity index (χ0n) is 12.9. The van der Waals surface area contributed by atoms with E-state index in [9.17, 15) is 0 Å². The normalized spacial score (nSPS) is 19.4. The lowest BCUT2D eigenvalue weighted by Gasteiger charge is -2.34. The molecule has 0 spiro atoms. The number of piperidine rings is 1. The molecule has 2 N–H and O–H groups in total. The number of nitrogens with zero attached hydrogens (tertiary/aromatic N) is 3. The van der Waals surface area contributed by atoms with Crippen LogP contribution < -0.4 is 10.6 Å². The molecule has 5 heteroatoms. The van der Waals surface area contributed by atoms with Crippen LogP contribution in [0.15, 0.2) is 0 Å². The number of aryl methyl sites for hydroxylation is 1. The lowest BCUT2D eigenvalue weighted by Crippen LogP contribution is -2.41. The third-order valence-corrected chi connectivity index (χ3v) is 3.76. The van der Waals surface area contributed by atoms with Gasteiger partial charge in [0.15, 0.2) is 0 Å². The minimum absolute atomic E-state index is 0.310. The monoisotopic (exact) mass is 278 g/mol. The van der Waals surface area contributed by atoms with Crippen LogP contribution in [0.2, 0.25) is 0 Å². The summed E-state index contributed by atoms with van der Waals surface area (Å²) in [4.78, 5) is 11.3. The Labute approximate surface area is 121 Å². The summed E-state index contributed by atoms with van der Waals surface area (Å²) < 4.78 is 5.89. The van der Waals surface area contributed by atoms with E-state index in [0.29, 0.717) is 11.9 Å². The maximum Gasteiger partial charge on any atom is 0.137 e. The van der Waals surface area contributed by atoms with Gasteiger partial charge in [0.2, 0.25) is 0 Å². The van der Waals surface area contributed by atoms with Crippen LogP contribution in [0.3, 0.4) is 0 Å². The Morgan fingerprint density at radius 2 is 2.15 bits per heavy atom. The fourth-order valence-electron chi connectivity index (χ4n) is 2.59. The number of nitrogens with two attached hydrogens (primary N) is 1. The summed E-state index contributed by atoms with van der Waals surface area (Å²) in [5.74, 6) is 2.40. The standard InChI is InChI=1S/C15H26N4O/c1-4-9-20-12-7-6-8-19(10-12)15-11(3)14(16)17-13(5-2)18-15/h12H,4-10H2,1-3H3,(H2,16,17,18). The van der Waals surface area contributed by atoms with Gasteiger partial charge in [-0.3, -0.25) is 0 Å². The van der Waals surface area contributed by atoms with Gasteiger partial charge in [0.25, 0.3) is 0 Å². The van der Waals surface area contributed by atoms with Crippen molar-refractivity contribution in [2.24, 2.45) is 0 Å². The summed E-state index contributed by atoms with van der Waals surface area (Å²) in [5.41, 5.74) is 6.99. The number of hydrogen-bond acceptors (Lipinski definition) is 5. The highest BCUT2D eigenvalue weighted by molar-refractivity contribution is 5.56. The summed E-state index contributed by atoms with van der Waals surface area (Å²) in [6, 6.07) is 0. The van der Waals surface area contributed by atoms with Gasteiger partial charge in [-0.15, -0.1) is 0 Å². The molecule has 0 aliphatic carbocycles. The Hall–Kier alpha value is -1.36. The molecule has 0 bridgehead atoms. The van der Waals surface area contributed by atoms with Crippen LogP contribution in [-0.4, -0.2) is 35.8 Å². The number of nitrogen functional groups attached to an aromatic ring is 1. The van der Waals surface area contributed by atoms with Crippen LogP contribution in [0.5, 0.6) is 0 Å². The Morgan fingerprint density at radius 3 is 2.85 bits per heavy atom. The fourth-order valence-corrected chi connectivity index (χ4v) is 2.59. The fraction of sp³-hybridized carbons (Fsp3) is 0.733. The molecule has 2 heterocycles. The third kappa shape index (κ3) is 3.39. The molecular weight excluding hydrogens is 252 g/mol. The van der Waals surface area contributed by atoms with Crippen LogP contribution >= 0.6 is 0 Å². The second kappa shape index (κ2) is 6.88. The molecule has 1 aliphatic rings. The largest absolute Gasteiger partial charge is 0.383 e. The highest BCUT2D eigenvalue weighted by Gasteiger charge is 2.23. The maximum absolute atomic E-state index is 6.01. The SMILES string of the molecule is CCCOC1CCCN(c2nc(CC)nc(N)c2C)C1. The highest BCUT2D eigenvalue weighted by atomic mass is 16.5. The number of anilines is 2.